The van der Waals surface area contributed by atoms with Crippen LogP contribution in [0.1, 0.15) is 0 Å². The van der Waals surface area contributed by atoms with Gasteiger partial charge >= 0.3 is 39.1 Å². The Bertz CT molecular complexity index is 371. The van der Waals surface area contributed by atoms with Crippen LogP contribution in [0.5, 0.6) is 0 Å². The molecule has 0 unspecified atom stereocenters. The molecule has 0 heterocycles. The van der Waals surface area contributed by atoms with Gasteiger partial charge in [0.15, 0.2) is 0 Å². The van der Waals surface area contributed by atoms with Gasteiger partial charge in [0.05, 0.1) is 0 Å². The third-order valence-corrected chi connectivity index (χ3v) is 0. The largest absolute Gasteiger partial charge is 0.466 e. The fourth-order valence-corrected chi connectivity index (χ4v) is 0. The van der Waals surface area contributed by atoms with Crippen molar-refractivity contribution >= 4 is 39.1 Å². The summed E-state index contributed by atoms with van der Waals surface area (Å²) in [5, 5.41) is 0. The number of hydrogen-bond donors (Lipinski definition) is 15. The van der Waals surface area contributed by atoms with Gasteiger partial charge in [-0.25, -0.2) is 22.8 Å². The van der Waals surface area contributed by atoms with Gasteiger partial charge < -0.3 is 73.4 Å². The van der Waals surface area contributed by atoms with Gasteiger partial charge in [0.25, 0.3) is 0 Å². The maximum Gasteiger partial charge on any atom is 0.466 e. The summed E-state index contributed by atoms with van der Waals surface area (Å²) in [4.78, 5) is 108. The Morgan fingerprint density at radius 3 is 0.269 bits per heavy atom. The molecule has 0 aliphatic heterocycles. The fraction of sp³-hybridized carbons (Fsp3) is 0. The van der Waals surface area contributed by atoms with E-state index in [9.17, 15) is 0 Å². The van der Waals surface area contributed by atoms with Crippen molar-refractivity contribution in [2.75, 3.05) is 0 Å². The van der Waals surface area contributed by atoms with Crippen LogP contribution >= 0.6 is 39.1 Å². The molecule has 0 saturated heterocycles. The van der Waals surface area contributed by atoms with Crippen LogP contribution in [-0.2, 0) is 22.8 Å². The smallest absolute Gasteiger partial charge is 0.303 e. The summed E-state index contributed by atoms with van der Waals surface area (Å²) in [7, 11) is -23.2. The van der Waals surface area contributed by atoms with E-state index < -0.39 is 39.1 Å². The third-order valence-electron chi connectivity index (χ3n) is 0. The van der Waals surface area contributed by atoms with E-state index in [4.69, 9.17) is 96.2 Å². The first-order chi connectivity index (χ1) is 10.0. The normalized spacial score (nSPS) is 11.3. The molecule has 0 saturated carbocycles. The minimum atomic E-state index is -4.64. The molecule has 0 rings (SSSR count). The minimum Gasteiger partial charge on any atom is -0.303 e. The van der Waals surface area contributed by atoms with Gasteiger partial charge in [-0.2, -0.15) is 0 Å². The van der Waals surface area contributed by atoms with Crippen molar-refractivity contribution in [2.24, 2.45) is 0 Å². The van der Waals surface area contributed by atoms with Crippen molar-refractivity contribution in [1.82, 2.24) is 0 Å². The predicted octanol–water partition coefficient (Wildman–Crippen LogP) is -4.64. The summed E-state index contributed by atoms with van der Waals surface area (Å²) >= 11 is 0. The quantitative estimate of drug-likeness (QED) is 0.112. The average Bonchev–Trinajstić information content (AvgIpc) is 1.79. The van der Waals surface area contributed by atoms with Gasteiger partial charge in [0.1, 0.15) is 0 Å². The maximum atomic E-state index is 8.88. The zero-order chi connectivity index (χ0) is 22.5. The summed E-state index contributed by atoms with van der Waals surface area (Å²) in [6.45, 7) is 0. The van der Waals surface area contributed by atoms with E-state index in [2.05, 4.69) is 0 Å². The summed E-state index contributed by atoms with van der Waals surface area (Å²) in [6, 6.07) is 0. The monoisotopic (exact) mass is 631 g/mol. The van der Waals surface area contributed by atoms with Crippen LogP contribution in [0.2, 0.25) is 0 Å². The molecule has 0 aliphatic carbocycles. The molecule has 0 bridgehead atoms. The fourth-order valence-electron chi connectivity index (χ4n) is 0. The summed E-state index contributed by atoms with van der Waals surface area (Å²) in [5.74, 6) is 0. The van der Waals surface area contributed by atoms with Crippen LogP contribution in [0.25, 0.3) is 0 Å². The molecule has 26 heavy (non-hydrogen) atoms. The van der Waals surface area contributed by atoms with Gasteiger partial charge in [-0.15, -0.1) is 0 Å². The minimum absolute atomic E-state index is 0. The van der Waals surface area contributed by atoms with E-state index in [-0.39, 0.29) is 41.3 Å². The molecule has 163 valence electrons. The van der Waals surface area contributed by atoms with Gasteiger partial charge in [-0.05, 0) is 0 Å². The van der Waals surface area contributed by atoms with E-state index in [0.717, 1.165) is 0 Å². The molecule has 0 atom stereocenters. The average molecular weight is 631 g/mol. The molecule has 0 aromatic heterocycles. The number of phosphoric acid groups is 5. The van der Waals surface area contributed by atoms with Crippen molar-refractivity contribution < 1.29 is 138 Å². The van der Waals surface area contributed by atoms with Crippen LogP contribution in [0, 0.1) is 41.3 Å². The second-order valence-corrected chi connectivity index (χ2v) is 7.70. The van der Waals surface area contributed by atoms with Gasteiger partial charge in [-0.3, -0.25) is 0 Å². The maximum absolute atomic E-state index is 8.88. The Morgan fingerprint density at radius 2 is 0.269 bits per heavy atom. The van der Waals surface area contributed by atoms with Crippen LogP contribution in [0.4, 0.5) is 0 Å². The molecule has 0 aliphatic rings. The second kappa shape index (κ2) is 17.7. The summed E-state index contributed by atoms with van der Waals surface area (Å²) in [5.41, 5.74) is 0. The Morgan fingerprint density at radius 1 is 0.269 bits per heavy atom. The number of rotatable bonds is 0. The van der Waals surface area contributed by atoms with Crippen molar-refractivity contribution in [3.05, 3.63) is 0 Å². The standard InChI is InChI=1S/5H3O4P.Pr/c5*1-5(2,3)4;/h5*(H3,1,2,3,4);. The molecule has 0 amide bonds. The zero-order valence-electron chi connectivity index (χ0n) is 11.6. The van der Waals surface area contributed by atoms with E-state index >= 15 is 0 Å². The van der Waals surface area contributed by atoms with Crippen LogP contribution < -0.4 is 0 Å². The molecule has 20 nitrogen and oxygen atoms in total. The Hall–Kier alpha value is 1.91. The first-order valence-electron chi connectivity index (χ1n) is 3.91. The van der Waals surface area contributed by atoms with Crippen LogP contribution in [0.3, 0.4) is 0 Å². The summed E-state index contributed by atoms with van der Waals surface area (Å²) < 4.78 is 44.4. The first-order valence-corrected chi connectivity index (χ1v) is 11.7. The van der Waals surface area contributed by atoms with Crippen LogP contribution in [0.15, 0.2) is 0 Å². The third kappa shape index (κ3) is 4390. The van der Waals surface area contributed by atoms with Crippen molar-refractivity contribution in [3.8, 4) is 0 Å². The van der Waals surface area contributed by atoms with Gasteiger partial charge in [-0.1, -0.05) is 0 Å². The molecule has 0 fully saturated rings. The topological polar surface area (TPSA) is 389 Å². The van der Waals surface area contributed by atoms with Crippen molar-refractivity contribution in [2.45, 2.75) is 0 Å². The molecule has 0 spiro atoms. The van der Waals surface area contributed by atoms with Crippen LogP contribution in [-0.4, -0.2) is 73.4 Å². The van der Waals surface area contributed by atoms with Crippen molar-refractivity contribution in [3.63, 3.8) is 0 Å². The molecule has 0 aromatic rings. The van der Waals surface area contributed by atoms with E-state index in [1.54, 1.807) is 0 Å². The molecule has 1 radical (unpaired) electrons. The second-order valence-electron chi connectivity index (χ2n) is 2.57. The predicted molar refractivity (Wildman–Crippen MR) is 71.3 cm³/mol. The molecule has 26 heteroatoms. The van der Waals surface area contributed by atoms with Gasteiger partial charge in [0.2, 0.25) is 0 Å². The Labute approximate surface area is 176 Å². The Kier molecular flexibility index (Phi) is 28.7. The van der Waals surface area contributed by atoms with E-state index in [1.807, 2.05) is 0 Å². The molecular weight excluding hydrogens is 616 g/mol. The number of hydrogen-bond acceptors (Lipinski definition) is 5. The van der Waals surface area contributed by atoms with E-state index in [1.165, 1.54) is 0 Å². The SMILES string of the molecule is O=P(O)(O)O.O=P(O)(O)O.O=P(O)(O)O.O=P(O)(O)O.O=P(O)(O)O.[Pr]. The molecule has 0 aromatic carbocycles. The van der Waals surface area contributed by atoms with Crippen molar-refractivity contribution in [1.29, 1.82) is 0 Å². The van der Waals surface area contributed by atoms with E-state index in [0.29, 0.717) is 0 Å². The molecular formula is H15O20P5Pr. The summed E-state index contributed by atoms with van der Waals surface area (Å²) in [6.07, 6.45) is 0. The molecule has 15 N–H and O–H groups in total. The zero-order valence-corrected chi connectivity index (χ0v) is 19.7. The van der Waals surface area contributed by atoms with Gasteiger partial charge in [0, 0.05) is 41.3 Å². The first kappa shape index (κ1) is 42.1. The Balaban J connectivity index is -0.0000000476.